The van der Waals surface area contributed by atoms with Gasteiger partial charge in [-0.3, -0.25) is 4.79 Å². The van der Waals surface area contributed by atoms with Gasteiger partial charge in [-0.15, -0.1) is 0 Å². The van der Waals surface area contributed by atoms with Gasteiger partial charge < -0.3 is 4.74 Å². The number of alkyl halides is 2. The Labute approximate surface area is 98.9 Å². The van der Waals surface area contributed by atoms with Crippen LogP contribution >= 0.6 is 0 Å². The number of hydrogen-bond donors (Lipinski definition) is 0. The van der Waals surface area contributed by atoms with E-state index in [1.165, 1.54) is 6.08 Å². The fourth-order valence-corrected chi connectivity index (χ4v) is 1.34. The van der Waals surface area contributed by atoms with Crippen LogP contribution in [0.25, 0.3) is 0 Å². The maximum atomic E-state index is 12.9. The zero-order valence-corrected chi connectivity index (χ0v) is 9.53. The largest absolute Gasteiger partial charge is 0.421 e. The lowest BCUT2D eigenvalue weighted by atomic mass is 10.1. The van der Waals surface area contributed by atoms with Crippen molar-refractivity contribution in [3.05, 3.63) is 48.0 Å². The molecule has 92 valence electrons. The summed E-state index contributed by atoms with van der Waals surface area (Å²) in [6, 6.07) is 9.54. The van der Waals surface area contributed by atoms with Crippen LogP contribution in [0.15, 0.2) is 42.5 Å². The molecular formula is C13H14F2O2. The Kier molecular flexibility index (Phi) is 4.82. The average molecular weight is 240 g/mol. The van der Waals surface area contributed by atoms with Crippen LogP contribution < -0.4 is 0 Å². The van der Waals surface area contributed by atoms with Crippen LogP contribution in [0.1, 0.15) is 18.9 Å². The average Bonchev–Trinajstić information content (AvgIpc) is 2.24. The van der Waals surface area contributed by atoms with E-state index < -0.39 is 12.1 Å². The maximum absolute atomic E-state index is 12.9. The zero-order chi connectivity index (χ0) is 12.7. The van der Waals surface area contributed by atoms with Crippen molar-refractivity contribution >= 4 is 5.97 Å². The van der Waals surface area contributed by atoms with E-state index in [-0.39, 0.29) is 0 Å². The monoisotopic (exact) mass is 240 g/mol. The molecule has 4 heteroatoms. The number of carbonyl (C=O) groups is 1. The van der Waals surface area contributed by atoms with Gasteiger partial charge in [-0.1, -0.05) is 36.4 Å². The van der Waals surface area contributed by atoms with Gasteiger partial charge >= 0.3 is 12.1 Å². The lowest BCUT2D eigenvalue weighted by molar-refractivity contribution is -0.205. The third-order valence-electron chi connectivity index (χ3n) is 2.03. The molecule has 0 bridgehead atoms. The first-order valence-electron chi connectivity index (χ1n) is 5.28. The lowest BCUT2D eigenvalue weighted by Gasteiger charge is -2.10. The van der Waals surface area contributed by atoms with E-state index >= 15 is 0 Å². The first kappa shape index (κ1) is 13.4. The van der Waals surface area contributed by atoms with Crippen LogP contribution in [-0.2, 0) is 16.0 Å². The van der Waals surface area contributed by atoms with Crippen LogP contribution in [0.5, 0.6) is 0 Å². The predicted molar refractivity (Wildman–Crippen MR) is 60.6 cm³/mol. The van der Waals surface area contributed by atoms with Crippen molar-refractivity contribution in [3.8, 4) is 0 Å². The van der Waals surface area contributed by atoms with Crippen molar-refractivity contribution < 1.29 is 18.3 Å². The third-order valence-corrected chi connectivity index (χ3v) is 2.03. The number of aryl methyl sites for hydroxylation is 1. The normalized spacial score (nSPS) is 11.7. The number of benzene rings is 1. The molecule has 0 N–H and O–H groups in total. The Morgan fingerprint density at radius 3 is 2.59 bits per heavy atom. The van der Waals surface area contributed by atoms with Crippen molar-refractivity contribution in [1.29, 1.82) is 0 Å². The minimum absolute atomic E-state index is 0.473. The van der Waals surface area contributed by atoms with E-state index in [1.807, 2.05) is 30.3 Å². The van der Waals surface area contributed by atoms with Crippen LogP contribution in [-0.4, -0.2) is 12.1 Å². The van der Waals surface area contributed by atoms with E-state index in [0.717, 1.165) is 12.5 Å². The van der Waals surface area contributed by atoms with Gasteiger partial charge in [0.25, 0.3) is 0 Å². The van der Waals surface area contributed by atoms with Gasteiger partial charge in [-0.25, -0.2) is 0 Å². The first-order valence-corrected chi connectivity index (χ1v) is 5.28. The van der Waals surface area contributed by atoms with Crippen molar-refractivity contribution in [2.45, 2.75) is 25.9 Å². The molecule has 0 radical (unpaired) electrons. The Balaban J connectivity index is 2.38. The summed E-state index contributed by atoms with van der Waals surface area (Å²) in [7, 11) is 0. The summed E-state index contributed by atoms with van der Waals surface area (Å²) in [5.41, 5.74) is 1.08. The second-order valence-corrected chi connectivity index (χ2v) is 3.58. The Hall–Kier alpha value is -1.71. The minimum atomic E-state index is -3.51. The van der Waals surface area contributed by atoms with E-state index in [1.54, 1.807) is 0 Å². The molecule has 0 heterocycles. The topological polar surface area (TPSA) is 26.3 Å². The molecule has 0 aromatic heterocycles. The zero-order valence-electron chi connectivity index (χ0n) is 9.53. The third kappa shape index (κ3) is 5.80. The molecule has 0 spiro atoms. The highest BCUT2D eigenvalue weighted by molar-refractivity contribution is 5.66. The van der Waals surface area contributed by atoms with E-state index in [2.05, 4.69) is 4.74 Å². The highest BCUT2D eigenvalue weighted by Crippen LogP contribution is 2.17. The molecule has 0 aliphatic heterocycles. The van der Waals surface area contributed by atoms with E-state index in [4.69, 9.17) is 0 Å². The Bertz CT molecular complexity index is 386. The van der Waals surface area contributed by atoms with Crippen LogP contribution in [0.2, 0.25) is 0 Å². The molecule has 0 amide bonds. The highest BCUT2D eigenvalue weighted by Gasteiger charge is 2.28. The standard InChI is InChI=1S/C13H14F2O2/c1-11(16)17-13(14,15)10-6-5-9-12-7-3-2-4-8-12/h2-4,6-8,10H,5,9H2,1H3/b10-6+. The van der Waals surface area contributed by atoms with Gasteiger partial charge in [-0.2, -0.15) is 8.78 Å². The van der Waals surface area contributed by atoms with Gasteiger partial charge in [-0.05, 0) is 18.4 Å². The Morgan fingerprint density at radius 2 is 2.00 bits per heavy atom. The molecule has 17 heavy (non-hydrogen) atoms. The molecule has 1 aromatic carbocycles. The number of rotatable bonds is 5. The predicted octanol–water partition coefficient (Wildman–Crippen LogP) is 3.33. The van der Waals surface area contributed by atoms with Crippen LogP contribution in [0.4, 0.5) is 8.78 Å². The quantitative estimate of drug-likeness (QED) is 0.583. The van der Waals surface area contributed by atoms with Crippen molar-refractivity contribution in [2.24, 2.45) is 0 Å². The summed E-state index contributed by atoms with van der Waals surface area (Å²) in [5.74, 6) is -0.997. The summed E-state index contributed by atoms with van der Waals surface area (Å²) in [5, 5.41) is 0. The van der Waals surface area contributed by atoms with Gasteiger partial charge in [0.05, 0.1) is 0 Å². The molecule has 0 fully saturated rings. The number of ether oxygens (including phenoxy) is 1. The summed E-state index contributed by atoms with van der Waals surface area (Å²) >= 11 is 0. The molecule has 2 nitrogen and oxygen atoms in total. The fourth-order valence-electron chi connectivity index (χ4n) is 1.34. The molecule has 0 saturated heterocycles. The molecule has 0 aliphatic carbocycles. The van der Waals surface area contributed by atoms with Crippen molar-refractivity contribution in [1.82, 2.24) is 0 Å². The summed E-state index contributed by atoms with van der Waals surface area (Å²) < 4.78 is 29.6. The maximum Gasteiger partial charge on any atom is 0.421 e. The van der Waals surface area contributed by atoms with Crippen molar-refractivity contribution in [2.75, 3.05) is 0 Å². The molecule has 0 saturated carbocycles. The molecule has 0 aliphatic rings. The highest BCUT2D eigenvalue weighted by atomic mass is 19.3. The fraction of sp³-hybridized carbons (Fsp3) is 0.308. The number of halogens is 2. The molecule has 0 unspecified atom stereocenters. The number of hydrogen-bond acceptors (Lipinski definition) is 2. The number of carbonyl (C=O) groups excluding carboxylic acids is 1. The second-order valence-electron chi connectivity index (χ2n) is 3.58. The van der Waals surface area contributed by atoms with Crippen LogP contribution in [0.3, 0.4) is 0 Å². The van der Waals surface area contributed by atoms with E-state index in [9.17, 15) is 13.6 Å². The van der Waals surface area contributed by atoms with Gasteiger partial charge in [0.2, 0.25) is 0 Å². The molecule has 1 rings (SSSR count). The summed E-state index contributed by atoms with van der Waals surface area (Å²) in [6.45, 7) is 0.950. The van der Waals surface area contributed by atoms with E-state index in [0.29, 0.717) is 18.9 Å². The Morgan fingerprint density at radius 1 is 1.35 bits per heavy atom. The molecular weight excluding hydrogens is 226 g/mol. The van der Waals surface area contributed by atoms with Gasteiger partial charge in [0.15, 0.2) is 0 Å². The number of allylic oxidation sites excluding steroid dienone is 1. The molecule has 0 atom stereocenters. The van der Waals surface area contributed by atoms with Gasteiger partial charge in [0, 0.05) is 13.0 Å². The first-order chi connectivity index (χ1) is 7.99. The SMILES string of the molecule is CC(=O)OC(F)(F)/C=C/CCc1ccccc1. The van der Waals surface area contributed by atoms with Crippen molar-refractivity contribution in [3.63, 3.8) is 0 Å². The smallest absolute Gasteiger partial charge is 0.398 e. The minimum Gasteiger partial charge on any atom is -0.398 e. The van der Waals surface area contributed by atoms with Crippen LogP contribution in [0, 0.1) is 0 Å². The lowest BCUT2D eigenvalue weighted by Crippen LogP contribution is -2.20. The summed E-state index contributed by atoms with van der Waals surface area (Å²) in [4.78, 5) is 10.4. The number of esters is 1. The molecule has 1 aromatic rings. The second kappa shape index (κ2) is 6.13. The van der Waals surface area contributed by atoms with Gasteiger partial charge in [0.1, 0.15) is 0 Å². The summed E-state index contributed by atoms with van der Waals surface area (Å²) in [6.07, 6.45) is -0.440.